The molecule has 150 valence electrons. The molecule has 3 N–H and O–H groups in total. The molecule has 0 aliphatic heterocycles. The minimum Gasteiger partial charge on any atom is -0.384 e. The molecule has 0 spiro atoms. The highest BCUT2D eigenvalue weighted by Crippen LogP contribution is 2.44. The van der Waals surface area contributed by atoms with E-state index in [2.05, 4.69) is 34.3 Å². The van der Waals surface area contributed by atoms with E-state index in [1.165, 1.54) is 18.3 Å². The zero-order valence-electron chi connectivity index (χ0n) is 16.6. The maximum absolute atomic E-state index is 11.5. The molecular weight excluding hydrogens is 396 g/mol. The summed E-state index contributed by atoms with van der Waals surface area (Å²) in [6, 6.07) is 11.9. The first-order valence-electron chi connectivity index (χ1n) is 9.68. The van der Waals surface area contributed by atoms with E-state index in [1.807, 2.05) is 22.9 Å². The third kappa shape index (κ3) is 3.05. The number of pyridine rings is 1. The number of thiazole rings is 1. The molecule has 5 rings (SSSR count). The summed E-state index contributed by atoms with van der Waals surface area (Å²) in [5.74, 6) is 0.359. The number of nitrogens with two attached hydrogens (primary N) is 1. The van der Waals surface area contributed by atoms with Crippen LogP contribution in [0.25, 0.3) is 27.5 Å². The SMILES string of the molecule is CC(=O)Nc1nc2c(s1)-c1c(c(-c3ccc(N)nc3)nn1-c1ccccc1C)CC2. The van der Waals surface area contributed by atoms with Crippen molar-refractivity contribution in [3.63, 3.8) is 0 Å². The number of amides is 1. The molecule has 1 aromatic carbocycles. The highest BCUT2D eigenvalue weighted by atomic mass is 32.1. The van der Waals surface area contributed by atoms with Crippen LogP contribution in [0.3, 0.4) is 0 Å². The van der Waals surface area contributed by atoms with Crippen LogP contribution in [-0.4, -0.2) is 25.7 Å². The van der Waals surface area contributed by atoms with Crippen molar-refractivity contribution < 1.29 is 4.79 Å². The van der Waals surface area contributed by atoms with E-state index in [9.17, 15) is 4.79 Å². The van der Waals surface area contributed by atoms with Crippen LogP contribution in [0.2, 0.25) is 0 Å². The van der Waals surface area contributed by atoms with E-state index >= 15 is 0 Å². The van der Waals surface area contributed by atoms with Crippen LogP contribution >= 0.6 is 11.3 Å². The maximum atomic E-state index is 11.5. The molecule has 1 aliphatic carbocycles. The van der Waals surface area contributed by atoms with Crippen LogP contribution in [0.15, 0.2) is 42.6 Å². The number of para-hydroxylation sites is 1. The van der Waals surface area contributed by atoms with Gasteiger partial charge in [-0.2, -0.15) is 5.10 Å². The predicted octanol–water partition coefficient (Wildman–Crippen LogP) is 4.01. The Morgan fingerprint density at radius 2 is 2.03 bits per heavy atom. The summed E-state index contributed by atoms with van der Waals surface area (Å²) in [4.78, 5) is 21.5. The molecule has 0 radical (unpaired) electrons. The Kier molecular flexibility index (Phi) is 4.36. The fraction of sp³-hybridized carbons (Fsp3) is 0.182. The number of nitrogens with one attached hydrogen (secondary N) is 1. The average molecular weight is 417 g/mol. The Bertz CT molecular complexity index is 1270. The number of aryl methyl sites for hydroxylation is 2. The zero-order valence-corrected chi connectivity index (χ0v) is 17.5. The van der Waals surface area contributed by atoms with E-state index in [0.717, 1.165) is 57.2 Å². The lowest BCUT2D eigenvalue weighted by Gasteiger charge is -2.15. The molecule has 3 aromatic heterocycles. The van der Waals surface area contributed by atoms with E-state index in [-0.39, 0.29) is 5.91 Å². The number of carbonyl (C=O) groups is 1. The molecule has 0 atom stereocenters. The molecule has 0 bridgehead atoms. The lowest BCUT2D eigenvalue weighted by atomic mass is 9.95. The number of nitrogens with zero attached hydrogens (tertiary/aromatic N) is 4. The highest BCUT2D eigenvalue weighted by molar-refractivity contribution is 7.19. The first kappa shape index (κ1) is 18.5. The van der Waals surface area contributed by atoms with Gasteiger partial charge in [-0.1, -0.05) is 29.5 Å². The van der Waals surface area contributed by atoms with Gasteiger partial charge in [-0.3, -0.25) is 4.79 Å². The number of hydrogen-bond donors (Lipinski definition) is 2. The van der Waals surface area contributed by atoms with E-state index < -0.39 is 0 Å². The molecule has 3 heterocycles. The normalized spacial score (nSPS) is 12.3. The smallest absolute Gasteiger partial charge is 0.223 e. The molecule has 8 heteroatoms. The third-order valence-electron chi connectivity index (χ3n) is 5.19. The maximum Gasteiger partial charge on any atom is 0.223 e. The minimum absolute atomic E-state index is 0.123. The molecule has 0 fully saturated rings. The Hall–Kier alpha value is -3.52. The largest absolute Gasteiger partial charge is 0.384 e. The van der Waals surface area contributed by atoms with Crippen molar-refractivity contribution >= 4 is 28.2 Å². The van der Waals surface area contributed by atoms with Crippen LogP contribution in [-0.2, 0) is 17.6 Å². The van der Waals surface area contributed by atoms with Gasteiger partial charge in [-0.05, 0) is 43.5 Å². The van der Waals surface area contributed by atoms with Gasteiger partial charge in [-0.15, -0.1) is 0 Å². The van der Waals surface area contributed by atoms with Crippen LogP contribution in [0.1, 0.15) is 23.7 Å². The van der Waals surface area contributed by atoms with Crippen LogP contribution in [0, 0.1) is 6.92 Å². The van der Waals surface area contributed by atoms with Crippen LogP contribution in [0.5, 0.6) is 0 Å². The van der Waals surface area contributed by atoms with E-state index in [4.69, 9.17) is 10.8 Å². The summed E-state index contributed by atoms with van der Waals surface area (Å²) in [6.45, 7) is 3.57. The van der Waals surface area contributed by atoms with Crippen molar-refractivity contribution in [3.05, 3.63) is 59.4 Å². The molecule has 0 saturated heterocycles. The van der Waals surface area contributed by atoms with E-state index in [0.29, 0.717) is 10.9 Å². The lowest BCUT2D eigenvalue weighted by Crippen LogP contribution is -2.07. The number of fused-ring (bicyclic) bond motifs is 3. The van der Waals surface area contributed by atoms with Gasteiger partial charge in [0.2, 0.25) is 5.91 Å². The average Bonchev–Trinajstić information content (AvgIpc) is 3.29. The van der Waals surface area contributed by atoms with Gasteiger partial charge in [0.25, 0.3) is 0 Å². The molecule has 1 amide bonds. The van der Waals surface area contributed by atoms with Gasteiger partial charge in [-0.25, -0.2) is 14.6 Å². The monoisotopic (exact) mass is 416 g/mol. The molecule has 4 aromatic rings. The summed E-state index contributed by atoms with van der Waals surface area (Å²) >= 11 is 1.49. The molecule has 30 heavy (non-hydrogen) atoms. The van der Waals surface area contributed by atoms with Gasteiger partial charge in [0.1, 0.15) is 5.82 Å². The number of benzene rings is 1. The Morgan fingerprint density at radius 3 is 2.77 bits per heavy atom. The highest BCUT2D eigenvalue weighted by Gasteiger charge is 2.30. The summed E-state index contributed by atoms with van der Waals surface area (Å²) < 4.78 is 2.00. The Labute approximate surface area is 177 Å². The first-order valence-corrected chi connectivity index (χ1v) is 10.5. The Morgan fingerprint density at radius 1 is 1.20 bits per heavy atom. The second kappa shape index (κ2) is 7.07. The first-order chi connectivity index (χ1) is 14.5. The summed E-state index contributed by atoms with van der Waals surface area (Å²) in [5.41, 5.74) is 13.0. The van der Waals surface area contributed by atoms with Crippen molar-refractivity contribution in [1.29, 1.82) is 0 Å². The minimum atomic E-state index is -0.123. The predicted molar refractivity (Wildman–Crippen MR) is 119 cm³/mol. The number of rotatable bonds is 3. The fourth-order valence-electron chi connectivity index (χ4n) is 3.83. The van der Waals surface area contributed by atoms with Gasteiger partial charge in [0, 0.05) is 24.2 Å². The van der Waals surface area contributed by atoms with Crippen molar-refractivity contribution in [2.24, 2.45) is 0 Å². The number of nitrogen functional groups attached to an aromatic ring is 1. The second-order valence-corrected chi connectivity index (χ2v) is 8.32. The lowest BCUT2D eigenvalue weighted by molar-refractivity contribution is -0.114. The van der Waals surface area contributed by atoms with E-state index in [1.54, 1.807) is 12.3 Å². The second-order valence-electron chi connectivity index (χ2n) is 7.32. The van der Waals surface area contributed by atoms with Gasteiger partial charge < -0.3 is 11.1 Å². The van der Waals surface area contributed by atoms with Crippen LogP contribution in [0.4, 0.5) is 10.9 Å². The molecule has 1 aliphatic rings. The van der Waals surface area contributed by atoms with Gasteiger partial charge in [0.05, 0.1) is 27.6 Å². The van der Waals surface area contributed by atoms with Crippen molar-refractivity contribution in [1.82, 2.24) is 19.7 Å². The number of hydrogen-bond acceptors (Lipinski definition) is 6. The van der Waals surface area contributed by atoms with Gasteiger partial charge >= 0.3 is 0 Å². The topological polar surface area (TPSA) is 98.7 Å². The molecule has 7 nitrogen and oxygen atoms in total. The van der Waals surface area contributed by atoms with Crippen molar-refractivity contribution in [3.8, 4) is 27.5 Å². The van der Waals surface area contributed by atoms with Crippen molar-refractivity contribution in [2.45, 2.75) is 26.7 Å². The summed E-state index contributed by atoms with van der Waals surface area (Å²) in [5, 5.41) is 8.46. The number of carbonyl (C=O) groups excluding carboxylic acids is 1. The molecule has 0 saturated carbocycles. The summed E-state index contributed by atoms with van der Waals surface area (Å²) in [7, 11) is 0. The number of anilines is 2. The quantitative estimate of drug-likeness (QED) is 0.526. The Balaban J connectivity index is 1.76. The molecular formula is C22H20N6OS. The fourth-order valence-corrected chi connectivity index (χ4v) is 4.94. The standard InChI is InChI=1S/C22H20N6OS/c1-12-5-3-4-6-17(12)28-20-15(19(27-28)14-7-10-18(23)24-11-14)8-9-16-21(20)30-22(26-16)25-13(2)29/h3-7,10-11H,8-9H2,1-2H3,(H2,23,24)(H,25,26,29). The van der Waals surface area contributed by atoms with Gasteiger partial charge in [0.15, 0.2) is 5.13 Å². The van der Waals surface area contributed by atoms with Crippen molar-refractivity contribution in [2.75, 3.05) is 11.1 Å². The third-order valence-corrected chi connectivity index (χ3v) is 6.21. The number of aromatic nitrogens is 4. The molecule has 0 unspecified atom stereocenters. The zero-order chi connectivity index (χ0) is 20.8. The summed E-state index contributed by atoms with van der Waals surface area (Å²) in [6.07, 6.45) is 3.38. The van der Waals surface area contributed by atoms with Crippen LogP contribution < -0.4 is 11.1 Å².